The number of rotatable bonds is 3. The van der Waals surface area contributed by atoms with Crippen molar-refractivity contribution in [3.8, 4) is 6.07 Å². The minimum absolute atomic E-state index is 0.287. The first-order valence-corrected chi connectivity index (χ1v) is 6.88. The maximum atomic E-state index is 13.4. The molecule has 4 heteroatoms. The quantitative estimate of drug-likeness (QED) is 0.925. The van der Waals surface area contributed by atoms with Gasteiger partial charge in [-0.1, -0.05) is 28.1 Å². The van der Waals surface area contributed by atoms with Gasteiger partial charge in [0.1, 0.15) is 5.82 Å². The van der Waals surface area contributed by atoms with Crippen LogP contribution in [0.5, 0.6) is 0 Å². The zero-order chi connectivity index (χ0) is 14.8. The number of halogens is 2. The fourth-order valence-electron chi connectivity index (χ4n) is 2.12. The lowest BCUT2D eigenvalue weighted by Gasteiger charge is -2.24. The zero-order valence-electron chi connectivity index (χ0n) is 10.9. The maximum absolute atomic E-state index is 13.4. The second-order valence-corrected chi connectivity index (χ2v) is 5.83. The van der Waals surface area contributed by atoms with E-state index in [1.807, 2.05) is 6.07 Å². The molecule has 2 aromatic rings. The van der Waals surface area contributed by atoms with E-state index in [4.69, 9.17) is 5.26 Å². The predicted octanol–water partition coefficient (Wildman–Crippen LogP) is 3.91. The summed E-state index contributed by atoms with van der Waals surface area (Å²) >= 11 is 3.24. The summed E-state index contributed by atoms with van der Waals surface area (Å²) in [6.07, 6.45) is 0.287. The van der Waals surface area contributed by atoms with E-state index < -0.39 is 5.60 Å². The third kappa shape index (κ3) is 3.44. The van der Waals surface area contributed by atoms with Crippen LogP contribution in [-0.2, 0) is 12.0 Å². The van der Waals surface area contributed by atoms with Gasteiger partial charge in [0.15, 0.2) is 0 Å². The van der Waals surface area contributed by atoms with Crippen molar-refractivity contribution in [2.24, 2.45) is 0 Å². The first kappa shape index (κ1) is 14.7. The highest BCUT2D eigenvalue weighted by Crippen LogP contribution is 2.27. The van der Waals surface area contributed by atoms with Crippen LogP contribution in [-0.4, -0.2) is 5.11 Å². The Kier molecular flexibility index (Phi) is 4.22. The summed E-state index contributed by atoms with van der Waals surface area (Å²) in [5.41, 5.74) is 0.808. The molecule has 1 N–H and O–H groups in total. The molecule has 2 nitrogen and oxygen atoms in total. The molecule has 0 aliphatic carbocycles. The monoisotopic (exact) mass is 333 g/mol. The maximum Gasteiger partial charge on any atom is 0.124 e. The molecule has 0 saturated carbocycles. The molecule has 0 saturated heterocycles. The third-order valence-corrected chi connectivity index (χ3v) is 3.56. The van der Waals surface area contributed by atoms with E-state index in [0.717, 1.165) is 0 Å². The number of hydrogen-bond acceptors (Lipinski definition) is 2. The Hall–Kier alpha value is -1.70. The van der Waals surface area contributed by atoms with E-state index in [1.165, 1.54) is 12.1 Å². The Balaban J connectivity index is 2.27. The van der Waals surface area contributed by atoms with Gasteiger partial charge in [0, 0.05) is 10.9 Å². The van der Waals surface area contributed by atoms with Crippen molar-refractivity contribution in [3.05, 3.63) is 69.4 Å². The summed E-state index contributed by atoms with van der Waals surface area (Å²) in [6.45, 7) is 1.67. The van der Waals surface area contributed by atoms with Crippen molar-refractivity contribution in [2.45, 2.75) is 18.9 Å². The van der Waals surface area contributed by atoms with Gasteiger partial charge in [0.05, 0.1) is 17.2 Å². The van der Waals surface area contributed by atoms with E-state index in [2.05, 4.69) is 15.9 Å². The van der Waals surface area contributed by atoms with Gasteiger partial charge in [-0.2, -0.15) is 5.26 Å². The summed E-state index contributed by atoms with van der Waals surface area (Å²) in [6, 6.07) is 13.3. The van der Waals surface area contributed by atoms with Crippen LogP contribution in [0.1, 0.15) is 23.6 Å². The van der Waals surface area contributed by atoms with Crippen LogP contribution >= 0.6 is 15.9 Å². The van der Waals surface area contributed by atoms with Crippen LogP contribution in [0.3, 0.4) is 0 Å². The van der Waals surface area contributed by atoms with E-state index in [9.17, 15) is 9.50 Å². The fourth-order valence-corrected chi connectivity index (χ4v) is 2.63. The smallest absolute Gasteiger partial charge is 0.124 e. The Morgan fingerprint density at radius 3 is 2.45 bits per heavy atom. The van der Waals surface area contributed by atoms with Gasteiger partial charge in [-0.25, -0.2) is 4.39 Å². The Morgan fingerprint density at radius 2 is 1.90 bits per heavy atom. The van der Waals surface area contributed by atoms with Crippen molar-refractivity contribution < 1.29 is 9.50 Å². The van der Waals surface area contributed by atoms with Gasteiger partial charge >= 0.3 is 0 Å². The molecule has 20 heavy (non-hydrogen) atoms. The highest BCUT2D eigenvalue weighted by molar-refractivity contribution is 9.10. The van der Waals surface area contributed by atoms with E-state index in [0.29, 0.717) is 21.2 Å². The average Bonchev–Trinajstić information content (AvgIpc) is 2.37. The fraction of sp³-hybridized carbons (Fsp3) is 0.188. The van der Waals surface area contributed by atoms with Crippen molar-refractivity contribution in [1.82, 2.24) is 0 Å². The second kappa shape index (κ2) is 5.74. The predicted molar refractivity (Wildman–Crippen MR) is 78.5 cm³/mol. The lowest BCUT2D eigenvalue weighted by molar-refractivity contribution is 0.0575. The number of aliphatic hydroxyl groups is 1. The third-order valence-electron chi connectivity index (χ3n) is 3.11. The van der Waals surface area contributed by atoms with Crippen LogP contribution in [0.2, 0.25) is 0 Å². The normalized spacial score (nSPS) is 13.6. The summed E-state index contributed by atoms with van der Waals surface area (Å²) in [7, 11) is 0. The molecule has 1 atom stereocenters. The van der Waals surface area contributed by atoms with Crippen molar-refractivity contribution >= 4 is 15.9 Å². The second-order valence-electron chi connectivity index (χ2n) is 4.92. The van der Waals surface area contributed by atoms with Crippen molar-refractivity contribution in [1.29, 1.82) is 5.26 Å². The SMILES string of the molecule is CC(O)(Cc1cc(F)cc(Br)c1)c1ccc(C#N)cc1. The molecule has 0 aliphatic heterocycles. The Morgan fingerprint density at radius 1 is 1.25 bits per heavy atom. The van der Waals surface area contributed by atoms with Gasteiger partial charge in [0.2, 0.25) is 0 Å². The van der Waals surface area contributed by atoms with Gasteiger partial charge < -0.3 is 5.11 Å². The molecule has 2 rings (SSSR count). The van der Waals surface area contributed by atoms with E-state index in [-0.39, 0.29) is 12.2 Å². The van der Waals surface area contributed by atoms with Crippen LogP contribution in [0.15, 0.2) is 46.9 Å². The van der Waals surface area contributed by atoms with Crippen molar-refractivity contribution in [3.63, 3.8) is 0 Å². The first-order chi connectivity index (χ1) is 9.40. The summed E-state index contributed by atoms with van der Waals surface area (Å²) < 4.78 is 14.0. The number of nitriles is 1. The topological polar surface area (TPSA) is 44.0 Å². The zero-order valence-corrected chi connectivity index (χ0v) is 12.5. The summed E-state index contributed by atoms with van der Waals surface area (Å²) in [4.78, 5) is 0. The molecular weight excluding hydrogens is 321 g/mol. The van der Waals surface area contributed by atoms with Gasteiger partial charge in [0.25, 0.3) is 0 Å². The molecule has 0 spiro atoms. The number of hydrogen-bond donors (Lipinski definition) is 1. The lowest BCUT2D eigenvalue weighted by Crippen LogP contribution is -2.24. The first-order valence-electron chi connectivity index (χ1n) is 6.09. The molecule has 0 heterocycles. The molecular formula is C16H13BrFNO. The minimum Gasteiger partial charge on any atom is -0.385 e. The lowest BCUT2D eigenvalue weighted by atomic mass is 9.88. The molecule has 0 amide bonds. The summed E-state index contributed by atoms with van der Waals surface area (Å²) in [5, 5.41) is 19.3. The molecule has 0 radical (unpaired) electrons. The minimum atomic E-state index is -1.12. The van der Waals surface area contributed by atoms with Crippen molar-refractivity contribution in [2.75, 3.05) is 0 Å². The van der Waals surface area contributed by atoms with Gasteiger partial charge in [-0.05, 0) is 48.4 Å². The Labute approximate surface area is 125 Å². The van der Waals surface area contributed by atoms with E-state index >= 15 is 0 Å². The number of nitrogens with zero attached hydrogens (tertiary/aromatic N) is 1. The largest absolute Gasteiger partial charge is 0.385 e. The molecule has 0 fully saturated rings. The van der Waals surface area contributed by atoms with Crippen LogP contribution in [0.25, 0.3) is 0 Å². The molecule has 0 bridgehead atoms. The molecule has 0 aromatic heterocycles. The highest BCUT2D eigenvalue weighted by Gasteiger charge is 2.23. The molecule has 102 valence electrons. The average molecular weight is 334 g/mol. The standard InChI is InChI=1S/C16H13BrFNO/c1-16(20,13-4-2-11(10-19)3-5-13)9-12-6-14(17)8-15(18)7-12/h2-8,20H,9H2,1H3. The van der Waals surface area contributed by atoms with Crippen LogP contribution in [0.4, 0.5) is 4.39 Å². The van der Waals surface area contributed by atoms with Crippen LogP contribution < -0.4 is 0 Å². The van der Waals surface area contributed by atoms with E-state index in [1.54, 1.807) is 37.3 Å². The highest BCUT2D eigenvalue weighted by atomic mass is 79.9. The number of benzene rings is 2. The van der Waals surface area contributed by atoms with Gasteiger partial charge in [-0.15, -0.1) is 0 Å². The van der Waals surface area contributed by atoms with Crippen LogP contribution in [0, 0.1) is 17.1 Å². The summed E-state index contributed by atoms with van der Waals surface area (Å²) in [5.74, 6) is -0.343. The molecule has 1 unspecified atom stereocenters. The van der Waals surface area contributed by atoms with Gasteiger partial charge in [-0.3, -0.25) is 0 Å². The molecule has 0 aliphatic rings. The molecule has 2 aromatic carbocycles. The Bertz CT molecular complexity index is 639.